The number of rotatable bonds is 3. The number of methoxy groups -OCH3 is 2. The average molecular weight is 302 g/mol. The van der Waals surface area contributed by atoms with Crippen LogP contribution in [0.25, 0.3) is 0 Å². The van der Waals surface area contributed by atoms with Gasteiger partial charge in [0.05, 0.1) is 0 Å². The van der Waals surface area contributed by atoms with Crippen molar-refractivity contribution in [3.05, 3.63) is 12.3 Å². The van der Waals surface area contributed by atoms with E-state index in [2.05, 4.69) is 25.9 Å². The zero-order valence-electron chi connectivity index (χ0n) is 9.42. The molecule has 0 spiro atoms. The van der Waals surface area contributed by atoms with Gasteiger partial charge in [0, 0.05) is 0 Å². The standard InChI is InChI=1S/C7H8NO2.3CH3.Sn/c1-9-6-3-4-7(10-2)8-5-6;;;;/h3,5H,1-2H3;3*1H3;. The summed E-state index contributed by atoms with van der Waals surface area (Å²) in [5, 5.41) is 0. The molecule has 1 aromatic heterocycles. The molecule has 0 aliphatic carbocycles. The van der Waals surface area contributed by atoms with Crippen LogP contribution in [-0.2, 0) is 0 Å². The Hall–Kier alpha value is -0.451. The first-order chi connectivity index (χ1) is 6.49. The van der Waals surface area contributed by atoms with Crippen LogP contribution < -0.4 is 13.1 Å². The molecule has 0 saturated carbocycles. The quantitative estimate of drug-likeness (QED) is 0.796. The molecule has 0 fully saturated rings. The molecule has 0 aliphatic rings. The van der Waals surface area contributed by atoms with Gasteiger partial charge >= 0.3 is 89.3 Å². The monoisotopic (exact) mass is 303 g/mol. The molecule has 0 atom stereocenters. The van der Waals surface area contributed by atoms with Gasteiger partial charge in [0.1, 0.15) is 0 Å². The molecule has 3 nitrogen and oxygen atoms in total. The van der Waals surface area contributed by atoms with Crippen LogP contribution >= 0.6 is 0 Å². The fourth-order valence-electron chi connectivity index (χ4n) is 1.24. The molecule has 0 saturated heterocycles. The van der Waals surface area contributed by atoms with Gasteiger partial charge in [-0.05, 0) is 0 Å². The van der Waals surface area contributed by atoms with Crippen LogP contribution in [0, 0.1) is 0 Å². The molecular formula is C10H17NO2Sn. The Morgan fingerprint density at radius 3 is 2.21 bits per heavy atom. The Kier molecular flexibility index (Phi) is 3.64. The fourth-order valence-corrected chi connectivity index (χ4v) is 5.19. The molecule has 1 rings (SSSR count). The maximum absolute atomic E-state index is 5.26. The van der Waals surface area contributed by atoms with Crippen molar-refractivity contribution in [2.24, 2.45) is 0 Å². The van der Waals surface area contributed by atoms with Crippen LogP contribution in [0.2, 0.25) is 14.8 Å². The van der Waals surface area contributed by atoms with Gasteiger partial charge in [0.15, 0.2) is 0 Å². The topological polar surface area (TPSA) is 31.4 Å². The number of nitrogens with zero attached hydrogens (tertiary/aromatic N) is 1. The summed E-state index contributed by atoms with van der Waals surface area (Å²) < 4.78 is 11.7. The third kappa shape index (κ3) is 2.53. The third-order valence-electron chi connectivity index (χ3n) is 2.06. The van der Waals surface area contributed by atoms with Gasteiger partial charge in [-0.2, -0.15) is 0 Å². The molecule has 4 heteroatoms. The summed E-state index contributed by atoms with van der Waals surface area (Å²) in [6, 6.07) is 2.06. The zero-order valence-corrected chi connectivity index (χ0v) is 12.3. The SMILES string of the molecule is COc1cnc(OC)[c]([Sn]([CH3])([CH3])[CH3])c1. The van der Waals surface area contributed by atoms with E-state index >= 15 is 0 Å². The van der Waals surface area contributed by atoms with Crippen molar-refractivity contribution >= 4 is 22.0 Å². The Morgan fingerprint density at radius 2 is 1.79 bits per heavy atom. The minimum atomic E-state index is -2.14. The van der Waals surface area contributed by atoms with Gasteiger partial charge in [0.25, 0.3) is 0 Å². The number of hydrogen-bond acceptors (Lipinski definition) is 3. The zero-order chi connectivity index (χ0) is 10.8. The second-order valence-corrected chi connectivity index (χ2v) is 18.6. The van der Waals surface area contributed by atoms with Gasteiger partial charge in [-0.25, -0.2) is 0 Å². The summed E-state index contributed by atoms with van der Waals surface area (Å²) >= 11 is -2.14. The first kappa shape index (κ1) is 11.6. The second-order valence-electron chi connectivity index (χ2n) is 4.18. The molecule has 1 heterocycles. The van der Waals surface area contributed by atoms with E-state index < -0.39 is 18.4 Å². The van der Waals surface area contributed by atoms with Gasteiger partial charge in [-0.3, -0.25) is 0 Å². The predicted molar refractivity (Wildman–Crippen MR) is 60.3 cm³/mol. The molecule has 0 N–H and O–H groups in total. The molecular weight excluding hydrogens is 285 g/mol. The van der Waals surface area contributed by atoms with Gasteiger partial charge < -0.3 is 0 Å². The fraction of sp³-hybridized carbons (Fsp3) is 0.500. The molecule has 78 valence electrons. The molecule has 0 aromatic carbocycles. The molecule has 0 amide bonds. The summed E-state index contributed by atoms with van der Waals surface area (Å²) in [4.78, 5) is 11.2. The molecule has 0 unspecified atom stereocenters. The van der Waals surface area contributed by atoms with Crippen LogP contribution in [0.5, 0.6) is 11.6 Å². The molecule has 1 aromatic rings. The first-order valence-corrected chi connectivity index (χ1v) is 14.6. The minimum absolute atomic E-state index is 0.758. The van der Waals surface area contributed by atoms with E-state index in [4.69, 9.17) is 9.47 Å². The van der Waals surface area contributed by atoms with Gasteiger partial charge in [-0.1, -0.05) is 0 Å². The van der Waals surface area contributed by atoms with E-state index in [1.807, 2.05) is 0 Å². The van der Waals surface area contributed by atoms with Crippen molar-refractivity contribution < 1.29 is 9.47 Å². The predicted octanol–water partition coefficient (Wildman–Crippen LogP) is 1.64. The van der Waals surface area contributed by atoms with Crippen molar-refractivity contribution in [2.75, 3.05) is 14.2 Å². The number of hydrogen-bond donors (Lipinski definition) is 0. The van der Waals surface area contributed by atoms with Crippen LogP contribution in [0.4, 0.5) is 0 Å². The van der Waals surface area contributed by atoms with Crippen molar-refractivity contribution in [2.45, 2.75) is 14.8 Å². The molecule has 0 aliphatic heterocycles. The number of aromatic nitrogens is 1. The Morgan fingerprint density at radius 1 is 1.14 bits per heavy atom. The normalized spacial score (nSPS) is 11.2. The van der Waals surface area contributed by atoms with Gasteiger partial charge in [0.2, 0.25) is 0 Å². The second kappa shape index (κ2) is 4.38. The van der Waals surface area contributed by atoms with Gasteiger partial charge in [-0.15, -0.1) is 0 Å². The van der Waals surface area contributed by atoms with Crippen LogP contribution in [0.3, 0.4) is 0 Å². The van der Waals surface area contributed by atoms with E-state index in [1.165, 1.54) is 3.58 Å². The summed E-state index contributed by atoms with van der Waals surface area (Å²) in [6.45, 7) is 0. The molecule has 14 heavy (non-hydrogen) atoms. The summed E-state index contributed by atoms with van der Waals surface area (Å²) in [7, 11) is 3.32. The summed E-state index contributed by atoms with van der Waals surface area (Å²) in [5.74, 6) is 1.57. The average Bonchev–Trinajstić information content (AvgIpc) is 2.15. The van der Waals surface area contributed by atoms with Crippen molar-refractivity contribution in [1.29, 1.82) is 0 Å². The third-order valence-corrected chi connectivity index (χ3v) is 7.70. The van der Waals surface area contributed by atoms with E-state index in [1.54, 1.807) is 20.4 Å². The maximum atomic E-state index is 5.26. The number of pyridine rings is 1. The molecule has 0 bridgehead atoms. The Bertz CT molecular complexity index is 320. The van der Waals surface area contributed by atoms with E-state index in [-0.39, 0.29) is 0 Å². The summed E-state index contributed by atoms with van der Waals surface area (Å²) in [5.41, 5.74) is 0. The first-order valence-electron chi connectivity index (χ1n) is 4.57. The Balaban J connectivity index is 3.22. The molecule has 0 radical (unpaired) electrons. The van der Waals surface area contributed by atoms with Crippen LogP contribution in [-0.4, -0.2) is 37.6 Å². The van der Waals surface area contributed by atoms with Crippen LogP contribution in [0.15, 0.2) is 12.3 Å². The van der Waals surface area contributed by atoms with E-state index in [0.29, 0.717) is 0 Å². The van der Waals surface area contributed by atoms with E-state index in [0.717, 1.165) is 11.6 Å². The number of ether oxygens (including phenoxy) is 2. The van der Waals surface area contributed by atoms with Crippen molar-refractivity contribution in [3.63, 3.8) is 0 Å². The van der Waals surface area contributed by atoms with Crippen molar-refractivity contribution in [1.82, 2.24) is 4.98 Å². The van der Waals surface area contributed by atoms with Crippen LogP contribution in [0.1, 0.15) is 0 Å². The van der Waals surface area contributed by atoms with E-state index in [9.17, 15) is 0 Å². The van der Waals surface area contributed by atoms with Crippen molar-refractivity contribution in [3.8, 4) is 11.6 Å². The summed E-state index contributed by atoms with van der Waals surface area (Å²) in [6.07, 6.45) is 1.69. The Labute approximate surface area is 89.3 Å².